The van der Waals surface area contributed by atoms with E-state index in [2.05, 4.69) is 91.8 Å². The average Bonchev–Trinajstić information content (AvgIpc) is 3.25. The van der Waals surface area contributed by atoms with Gasteiger partial charge in [-0.2, -0.15) is 0 Å². The maximum atomic E-state index is 4.37. The molecule has 0 aromatic carbocycles. The predicted octanol–water partition coefficient (Wildman–Crippen LogP) is 14.1. The average molecular weight is 783 g/mol. The molecule has 0 radical (unpaired) electrons. The Morgan fingerprint density at radius 3 is 0.931 bits per heavy atom. The molecule has 8 aromatic heterocycles. The van der Waals surface area contributed by atoms with Crippen LogP contribution >= 0.6 is 0 Å². The molecule has 0 N–H and O–H groups in total. The second-order valence-corrected chi connectivity index (χ2v) is 11.8. The van der Waals surface area contributed by atoms with E-state index < -0.39 is 0 Å². The highest BCUT2D eigenvalue weighted by Gasteiger charge is 2.01. The Labute approximate surface area is 350 Å². The number of rotatable bonds is 0. The molecule has 0 amide bonds. The minimum atomic E-state index is 0.843. The van der Waals surface area contributed by atoms with Crippen molar-refractivity contribution in [1.29, 1.82) is 0 Å². The molecule has 0 aliphatic carbocycles. The van der Waals surface area contributed by atoms with E-state index in [1.807, 2.05) is 145 Å². The fraction of sp³-hybridized carbons (Fsp3) is 0.360. The van der Waals surface area contributed by atoms with E-state index in [0.717, 1.165) is 66.9 Å². The molecule has 0 saturated heterocycles. The van der Waals surface area contributed by atoms with Gasteiger partial charge in [-0.25, -0.2) is 29.9 Å². The van der Waals surface area contributed by atoms with Crippen molar-refractivity contribution in [2.45, 2.75) is 125 Å². The van der Waals surface area contributed by atoms with Crippen LogP contribution in [0.5, 0.6) is 0 Å². The molecule has 0 aliphatic heterocycles. The van der Waals surface area contributed by atoms with Gasteiger partial charge in [0.25, 0.3) is 0 Å². The van der Waals surface area contributed by atoms with E-state index >= 15 is 0 Å². The van der Waals surface area contributed by atoms with Gasteiger partial charge in [0.1, 0.15) is 0 Å². The summed E-state index contributed by atoms with van der Waals surface area (Å²) in [7, 11) is 0. The number of fused-ring (bicyclic) bond motifs is 4. The minimum Gasteiger partial charge on any atom is -0.254 e. The van der Waals surface area contributed by atoms with Crippen LogP contribution in [0.1, 0.15) is 114 Å². The molecule has 8 heteroatoms. The summed E-state index contributed by atoms with van der Waals surface area (Å²) >= 11 is 0. The van der Waals surface area contributed by atoms with Crippen LogP contribution in [0.15, 0.2) is 97.6 Å². The molecule has 0 unspecified atom stereocenters. The van der Waals surface area contributed by atoms with Crippen LogP contribution < -0.4 is 0 Å². The van der Waals surface area contributed by atoms with Crippen molar-refractivity contribution in [3.63, 3.8) is 0 Å². The number of nitrogens with zero attached hydrogens (tertiary/aromatic N) is 8. The first kappa shape index (κ1) is 52.2. The molecule has 8 aromatic rings. The third-order valence-electron chi connectivity index (χ3n) is 7.64. The first-order valence-electron chi connectivity index (χ1n) is 20.8. The molecule has 58 heavy (non-hydrogen) atoms. The molecule has 8 rings (SSSR count). The zero-order chi connectivity index (χ0) is 44.2. The first-order chi connectivity index (χ1) is 28.1. The SMILES string of the molecule is CC.CC.CC.CC.CC.Cc1cc(C)c2cccnc2n1.Cc1cc(C)c2cccnc2n1.Cc1cc(C)c2cccnc2n1.Cc1cc(C)c2ncccc2n1. The fourth-order valence-electron chi connectivity index (χ4n) is 5.55. The molecule has 0 spiro atoms. The van der Waals surface area contributed by atoms with E-state index in [4.69, 9.17) is 0 Å². The standard InChI is InChI=1S/4C10H10N2.5C2H6/c1-7-6-8(2)12-9-4-3-5-11-10(7)9;3*1-7-6-8(2)12-10-9(7)4-3-5-11-10;5*1-2/h4*3-6H,1-2H3;5*1-2H3. The smallest absolute Gasteiger partial charge is 0.159 e. The van der Waals surface area contributed by atoms with Gasteiger partial charge in [0, 0.05) is 63.7 Å². The summed E-state index contributed by atoms with van der Waals surface area (Å²) in [4.78, 5) is 34.2. The van der Waals surface area contributed by atoms with Crippen LogP contribution in [0.2, 0.25) is 0 Å². The molecule has 8 nitrogen and oxygen atoms in total. The lowest BCUT2D eigenvalue weighted by Gasteiger charge is -2.00. The van der Waals surface area contributed by atoms with Crippen molar-refractivity contribution in [3.8, 4) is 0 Å². The molecule has 0 fully saturated rings. The maximum absolute atomic E-state index is 4.37. The van der Waals surface area contributed by atoms with E-state index in [-0.39, 0.29) is 0 Å². The molecule has 310 valence electrons. The summed E-state index contributed by atoms with van der Waals surface area (Å²) in [5, 5.41) is 3.43. The molecule has 0 atom stereocenters. The predicted molar refractivity (Wildman–Crippen MR) is 253 cm³/mol. The number of hydrogen-bond acceptors (Lipinski definition) is 8. The Bertz CT molecular complexity index is 2020. The van der Waals surface area contributed by atoms with Gasteiger partial charge in [-0.3, -0.25) is 9.97 Å². The zero-order valence-corrected chi connectivity index (χ0v) is 38.8. The van der Waals surface area contributed by atoms with Crippen molar-refractivity contribution in [2.75, 3.05) is 0 Å². The number of aromatic nitrogens is 8. The first-order valence-corrected chi connectivity index (χ1v) is 20.8. The normalized spacial score (nSPS) is 9.21. The summed E-state index contributed by atoms with van der Waals surface area (Å²) in [6.45, 7) is 36.3. The van der Waals surface area contributed by atoms with Crippen LogP contribution in [-0.4, -0.2) is 39.9 Å². The highest BCUT2D eigenvalue weighted by molar-refractivity contribution is 5.80. The van der Waals surface area contributed by atoms with E-state index in [0.29, 0.717) is 0 Å². The highest BCUT2D eigenvalue weighted by atomic mass is 14.9. The Balaban J connectivity index is 0.000000695. The third-order valence-corrected chi connectivity index (χ3v) is 7.64. The molecular formula is C50H70N8. The largest absolute Gasteiger partial charge is 0.254 e. The Morgan fingerprint density at radius 2 is 0.586 bits per heavy atom. The van der Waals surface area contributed by atoms with Gasteiger partial charge in [-0.05, 0) is 150 Å². The summed E-state index contributed by atoms with van der Waals surface area (Å²) in [6, 6.07) is 24.1. The monoisotopic (exact) mass is 783 g/mol. The van der Waals surface area contributed by atoms with E-state index in [1.165, 1.54) is 22.3 Å². The second kappa shape index (κ2) is 29.5. The number of aryl methyl sites for hydroxylation is 8. The van der Waals surface area contributed by atoms with Crippen molar-refractivity contribution < 1.29 is 0 Å². The molecule has 8 heterocycles. The van der Waals surface area contributed by atoms with Crippen LogP contribution in [0.4, 0.5) is 0 Å². The van der Waals surface area contributed by atoms with Crippen molar-refractivity contribution in [3.05, 3.63) is 143 Å². The molecular weight excluding hydrogens is 713 g/mol. The van der Waals surface area contributed by atoms with Gasteiger partial charge in [0.05, 0.1) is 11.0 Å². The topological polar surface area (TPSA) is 103 Å². The lowest BCUT2D eigenvalue weighted by atomic mass is 10.1. The van der Waals surface area contributed by atoms with Crippen LogP contribution in [0.25, 0.3) is 44.1 Å². The Kier molecular flexibility index (Phi) is 26.5. The highest BCUT2D eigenvalue weighted by Crippen LogP contribution is 2.17. The van der Waals surface area contributed by atoms with Gasteiger partial charge in [0.15, 0.2) is 16.9 Å². The summed E-state index contributed by atoms with van der Waals surface area (Å²) in [6.07, 6.45) is 7.11. The van der Waals surface area contributed by atoms with Crippen molar-refractivity contribution in [2.24, 2.45) is 0 Å². The minimum absolute atomic E-state index is 0.843. The molecule has 0 aliphatic rings. The Morgan fingerprint density at radius 1 is 0.310 bits per heavy atom. The van der Waals surface area contributed by atoms with Crippen LogP contribution in [-0.2, 0) is 0 Å². The second-order valence-electron chi connectivity index (χ2n) is 11.8. The van der Waals surface area contributed by atoms with Gasteiger partial charge in [-0.15, -0.1) is 0 Å². The van der Waals surface area contributed by atoms with Gasteiger partial charge in [0.2, 0.25) is 0 Å². The van der Waals surface area contributed by atoms with Crippen molar-refractivity contribution in [1.82, 2.24) is 39.9 Å². The van der Waals surface area contributed by atoms with Gasteiger partial charge >= 0.3 is 0 Å². The van der Waals surface area contributed by atoms with Crippen molar-refractivity contribution >= 4 is 44.1 Å². The van der Waals surface area contributed by atoms with E-state index in [1.54, 1.807) is 24.8 Å². The number of hydrogen-bond donors (Lipinski definition) is 0. The number of pyridine rings is 8. The lowest BCUT2D eigenvalue weighted by Crippen LogP contribution is -1.88. The zero-order valence-electron chi connectivity index (χ0n) is 38.8. The van der Waals surface area contributed by atoms with E-state index in [9.17, 15) is 0 Å². The summed E-state index contributed by atoms with van der Waals surface area (Å²) < 4.78 is 0. The molecule has 0 bridgehead atoms. The quantitative estimate of drug-likeness (QED) is 0.150. The lowest BCUT2D eigenvalue weighted by molar-refractivity contribution is 1.19. The summed E-state index contributed by atoms with van der Waals surface area (Å²) in [5.74, 6) is 0. The summed E-state index contributed by atoms with van der Waals surface area (Å²) in [5.41, 5.74) is 13.6. The Hall–Kier alpha value is -5.76. The van der Waals surface area contributed by atoms with Gasteiger partial charge < -0.3 is 0 Å². The fourth-order valence-corrected chi connectivity index (χ4v) is 5.55. The third kappa shape index (κ3) is 16.4. The van der Waals surface area contributed by atoms with Crippen LogP contribution in [0.3, 0.4) is 0 Å². The van der Waals surface area contributed by atoms with Gasteiger partial charge in [-0.1, -0.05) is 69.2 Å². The molecule has 0 saturated carbocycles. The maximum Gasteiger partial charge on any atom is 0.159 e. The van der Waals surface area contributed by atoms with Crippen LogP contribution in [0, 0.1) is 55.4 Å².